The predicted octanol–water partition coefficient (Wildman–Crippen LogP) is 5.28. The Hall–Kier alpha value is -3.19. The largest absolute Gasteiger partial charge is 1.00 e. The van der Waals surface area contributed by atoms with Crippen molar-refractivity contribution in [2.24, 2.45) is 0 Å². The molecule has 0 saturated carbocycles. The summed E-state index contributed by atoms with van der Waals surface area (Å²) in [6.07, 6.45) is 20.0. The van der Waals surface area contributed by atoms with Crippen LogP contribution in [0.25, 0.3) is 21.5 Å². The first-order valence-corrected chi connectivity index (χ1v) is 17.0. The molecule has 0 radical (unpaired) electrons. The van der Waals surface area contributed by atoms with Gasteiger partial charge in [0.2, 0.25) is 0 Å². The number of benzene rings is 4. The van der Waals surface area contributed by atoms with Gasteiger partial charge in [-0.15, -0.1) is 72.1 Å². The number of fused-ring (bicyclic) bond motifs is 2. The molecule has 0 saturated heterocycles. The first-order valence-electron chi connectivity index (χ1n) is 15.4. The molecule has 0 spiro atoms. The van der Waals surface area contributed by atoms with E-state index in [1.54, 1.807) is 0 Å². The van der Waals surface area contributed by atoms with Crippen molar-refractivity contribution in [1.29, 1.82) is 0 Å². The van der Waals surface area contributed by atoms with E-state index in [0.29, 0.717) is 0 Å². The van der Waals surface area contributed by atoms with Gasteiger partial charge in [0.05, 0.1) is 0 Å². The van der Waals surface area contributed by atoms with E-state index in [1.165, 1.54) is 40.3 Å². The average molecular weight is 735 g/mol. The zero-order valence-electron chi connectivity index (χ0n) is 27.5. The molecular weight excluding hydrogens is 695 g/mol. The van der Waals surface area contributed by atoms with Crippen LogP contribution < -0.4 is 24.8 Å². The van der Waals surface area contributed by atoms with Gasteiger partial charge in [-0.2, -0.15) is 47.2 Å². The van der Waals surface area contributed by atoms with E-state index in [4.69, 9.17) is 0 Å². The molecule has 4 heteroatoms. The molecule has 0 fully saturated rings. The molecule has 0 amide bonds. The molecule has 0 atom stereocenters. The Kier molecular flexibility index (Phi) is 23.8. The molecule has 2 aliphatic carbocycles. The normalized spacial score (nSPS) is 11.0. The summed E-state index contributed by atoms with van der Waals surface area (Å²) < 4.78 is 2.74. The van der Waals surface area contributed by atoms with Gasteiger partial charge in [0, 0.05) is 0 Å². The maximum Gasteiger partial charge on any atom is -0.0809 e. The van der Waals surface area contributed by atoms with Gasteiger partial charge in [-0.25, -0.2) is 24.3 Å². The molecule has 0 bridgehead atoms. The Balaban J connectivity index is 0.000000290. The van der Waals surface area contributed by atoms with Gasteiger partial charge in [0.15, 0.2) is 0 Å². The molecule has 0 N–H and O–H groups in total. The fourth-order valence-electron chi connectivity index (χ4n) is 4.20. The van der Waals surface area contributed by atoms with Crippen molar-refractivity contribution in [1.82, 2.24) is 0 Å². The maximum atomic E-state index is 2.99. The van der Waals surface area contributed by atoms with Crippen molar-refractivity contribution in [2.75, 3.05) is 0 Å². The van der Waals surface area contributed by atoms with Crippen LogP contribution >= 0.6 is 0 Å². The summed E-state index contributed by atoms with van der Waals surface area (Å²) in [5.41, 5.74) is 2.66. The van der Waals surface area contributed by atoms with E-state index < -0.39 is 0 Å². The summed E-state index contributed by atoms with van der Waals surface area (Å²) in [4.78, 5) is 0. The third-order valence-electron chi connectivity index (χ3n) is 6.68. The van der Waals surface area contributed by atoms with Crippen LogP contribution in [0.5, 0.6) is 0 Å². The summed E-state index contributed by atoms with van der Waals surface area (Å²) in [7, 11) is 0. The Morgan fingerprint density at radius 3 is 1.10 bits per heavy atom. The number of halogens is 2. The minimum Gasteiger partial charge on any atom is -1.00 e. The monoisotopic (exact) mass is 734 g/mol. The number of hydrogen-bond acceptors (Lipinski definition) is 0. The second-order valence-electron chi connectivity index (χ2n) is 10.3. The van der Waals surface area contributed by atoms with Crippen LogP contribution in [0.4, 0.5) is 0 Å². The molecule has 0 nitrogen and oxygen atoms in total. The second-order valence-corrected chi connectivity index (χ2v) is 12.6. The van der Waals surface area contributed by atoms with Crippen molar-refractivity contribution in [3.05, 3.63) is 205 Å². The van der Waals surface area contributed by atoms with E-state index in [0.717, 1.165) is 12.8 Å². The standard InChI is InChI=1S/2C9H7.2C8H8.2C5H5.2ClH.2Ti/c2*1-2-5-9-7-3-6-8(9)4-1;2*1-2-8-6-4-3-5-7-8;2*1-2-4-5-3-1;;;;/h2*1-7H;2*3-7H,1H3;2*1-3H,4H2;2*1H;;/q2*-1;;;2*-1;;;2*+2/p-2. The maximum absolute atomic E-state index is 2.99. The summed E-state index contributed by atoms with van der Waals surface area (Å²) in [6, 6.07) is 50.1. The summed E-state index contributed by atoms with van der Waals surface area (Å²) in [5, 5.41) is 5.32. The van der Waals surface area contributed by atoms with Crippen molar-refractivity contribution in [3.63, 3.8) is 0 Å². The topological polar surface area (TPSA) is 0 Å². The molecule has 0 heterocycles. The van der Waals surface area contributed by atoms with Crippen LogP contribution in [-0.2, 0) is 39.9 Å². The van der Waals surface area contributed by atoms with E-state index in [-0.39, 0.29) is 24.8 Å². The third kappa shape index (κ3) is 17.8. The van der Waals surface area contributed by atoms with E-state index >= 15 is 0 Å². The fourth-order valence-corrected chi connectivity index (χ4v) is 4.72. The Bertz CT molecular complexity index is 1620. The Labute approximate surface area is 323 Å². The molecule has 6 aromatic carbocycles. The number of hydrogen-bond donors (Lipinski definition) is 0. The van der Waals surface area contributed by atoms with Crippen LogP contribution in [-0.4, -0.2) is 7.62 Å². The molecule has 8 rings (SSSR count). The van der Waals surface area contributed by atoms with Crippen LogP contribution in [0.2, 0.25) is 0 Å². The van der Waals surface area contributed by atoms with E-state index in [2.05, 4.69) is 212 Å². The summed E-state index contributed by atoms with van der Waals surface area (Å²) >= 11 is 4.24. The SMILES string of the molecule is C[C](=[Ti+2])c1ccccc1.C[C](=[Ti+2])c1ccccc1.[C-]1=CC=CC1.[C-]1=CC=CC1.[Cl-].[Cl-].c1ccc2[cH-]ccc2c1.c1ccc2[cH-]ccc2c1. The first kappa shape index (κ1) is 42.8. The molecule has 6 aromatic rings. The van der Waals surface area contributed by atoms with Crippen LogP contribution in [0.3, 0.4) is 0 Å². The van der Waals surface area contributed by atoms with Crippen molar-refractivity contribution >= 4 is 29.2 Å². The zero-order valence-corrected chi connectivity index (χ0v) is 32.1. The second kappa shape index (κ2) is 26.7. The van der Waals surface area contributed by atoms with Crippen LogP contribution in [0.15, 0.2) is 182 Å². The Morgan fingerprint density at radius 1 is 0.500 bits per heavy atom. The molecule has 0 aromatic heterocycles. The predicted molar refractivity (Wildman–Crippen MR) is 195 cm³/mol. The zero-order chi connectivity index (χ0) is 32.7. The van der Waals surface area contributed by atoms with Gasteiger partial charge < -0.3 is 24.8 Å². The summed E-state index contributed by atoms with van der Waals surface area (Å²) in [5.74, 6) is 0. The number of rotatable bonds is 2. The van der Waals surface area contributed by atoms with E-state index in [9.17, 15) is 0 Å². The molecule has 2 aliphatic rings. The van der Waals surface area contributed by atoms with Crippen molar-refractivity contribution < 1.29 is 64.8 Å². The van der Waals surface area contributed by atoms with Gasteiger partial charge >= 0.3 is 133 Å². The first-order chi connectivity index (χ1) is 22.5. The summed E-state index contributed by atoms with van der Waals surface area (Å²) in [6.45, 7) is 4.24. The molecule has 48 heavy (non-hydrogen) atoms. The number of allylic oxidation sites excluding steroid dienone is 8. The van der Waals surface area contributed by atoms with Gasteiger partial charge in [-0.1, -0.05) is 12.1 Å². The van der Waals surface area contributed by atoms with Crippen LogP contribution in [0, 0.1) is 12.2 Å². The minimum absolute atomic E-state index is 0. The molecule has 240 valence electrons. The smallest absolute Gasteiger partial charge is 0.0809 e. The van der Waals surface area contributed by atoms with Crippen molar-refractivity contribution in [2.45, 2.75) is 26.7 Å². The molecule has 0 unspecified atom stereocenters. The van der Waals surface area contributed by atoms with Gasteiger partial charge in [-0.3, -0.25) is 12.2 Å². The van der Waals surface area contributed by atoms with E-state index in [1.807, 2.05) is 36.4 Å². The minimum atomic E-state index is 0. The third-order valence-corrected chi connectivity index (χ3v) is 7.58. The van der Waals surface area contributed by atoms with Gasteiger partial charge in [0.25, 0.3) is 0 Å². The van der Waals surface area contributed by atoms with Crippen molar-refractivity contribution in [3.8, 4) is 0 Å². The molecule has 0 aliphatic heterocycles. The van der Waals surface area contributed by atoms with Gasteiger partial charge in [0.1, 0.15) is 0 Å². The fraction of sp³-hybridized carbons (Fsp3) is 0.0909. The Morgan fingerprint density at radius 2 is 0.854 bits per heavy atom. The van der Waals surface area contributed by atoms with Gasteiger partial charge in [-0.05, 0) is 0 Å². The van der Waals surface area contributed by atoms with Crippen LogP contribution in [0.1, 0.15) is 37.8 Å². The average Bonchev–Trinajstić information content (AvgIpc) is 3.96. The quantitative estimate of drug-likeness (QED) is 0.168. The molecular formula is C44H40Cl2Ti2-2.